The van der Waals surface area contributed by atoms with Crippen LogP contribution in [0.4, 0.5) is 8.78 Å². The minimum absolute atomic E-state index is 0.0945. The van der Waals surface area contributed by atoms with Crippen molar-refractivity contribution >= 4 is 5.91 Å². The molecule has 0 bridgehead atoms. The Morgan fingerprint density at radius 1 is 1.11 bits per heavy atom. The Kier molecular flexibility index (Phi) is 3.28. The summed E-state index contributed by atoms with van der Waals surface area (Å²) in [5, 5.41) is 0. The van der Waals surface area contributed by atoms with Gasteiger partial charge in [0.25, 0.3) is 0 Å². The Labute approximate surface area is 112 Å². The highest BCUT2D eigenvalue weighted by Crippen LogP contribution is 2.40. The molecule has 2 N–H and O–H groups in total. The molecular formula is C14H22F2N2O. The normalized spacial score (nSPS) is 38.5. The summed E-state index contributed by atoms with van der Waals surface area (Å²) in [5.41, 5.74) is 6.06. The molecule has 3 fully saturated rings. The maximum Gasteiger partial charge on any atom is 0.248 e. The van der Waals surface area contributed by atoms with Crippen LogP contribution in [0.15, 0.2) is 0 Å². The van der Waals surface area contributed by atoms with Gasteiger partial charge in [-0.05, 0) is 37.5 Å². The van der Waals surface area contributed by atoms with Gasteiger partial charge in [-0.15, -0.1) is 0 Å². The van der Waals surface area contributed by atoms with E-state index in [4.69, 9.17) is 5.73 Å². The van der Waals surface area contributed by atoms with Crippen molar-refractivity contribution < 1.29 is 13.6 Å². The summed E-state index contributed by atoms with van der Waals surface area (Å²) in [5.74, 6) is -1.66. The van der Waals surface area contributed by atoms with Crippen LogP contribution >= 0.6 is 0 Å². The molecule has 19 heavy (non-hydrogen) atoms. The van der Waals surface area contributed by atoms with Crippen molar-refractivity contribution in [2.75, 3.05) is 13.1 Å². The number of amides is 1. The zero-order valence-corrected chi connectivity index (χ0v) is 11.2. The fourth-order valence-electron chi connectivity index (χ4n) is 4.03. The van der Waals surface area contributed by atoms with Crippen molar-refractivity contribution in [1.29, 1.82) is 0 Å². The maximum absolute atomic E-state index is 13.1. The van der Waals surface area contributed by atoms with Crippen LogP contribution in [-0.2, 0) is 4.79 Å². The summed E-state index contributed by atoms with van der Waals surface area (Å²) < 4.78 is 26.2. The Hall–Kier alpha value is -0.710. The lowest BCUT2D eigenvalue weighted by Gasteiger charge is -2.30. The molecule has 0 aromatic heterocycles. The number of likely N-dealkylation sites (tertiary alicyclic amines) is 1. The zero-order chi connectivity index (χ0) is 13.6. The molecule has 2 aliphatic carbocycles. The molecule has 0 aromatic rings. The second kappa shape index (κ2) is 4.69. The van der Waals surface area contributed by atoms with Gasteiger partial charge in [0.15, 0.2) is 0 Å². The molecule has 0 unspecified atom stereocenters. The standard InChI is InChI=1S/C14H22F2N2O/c15-14(16)5-3-9(4-6-14)13(19)18-7-10-1-2-12(17)11(10)8-18/h9-12H,1-8,17H2/t10-,11+,12-/m1/s1. The predicted octanol–water partition coefficient (Wildman–Crippen LogP) is 2.01. The van der Waals surface area contributed by atoms with Gasteiger partial charge < -0.3 is 10.6 Å². The molecule has 108 valence electrons. The Balaban J connectivity index is 1.57. The summed E-state index contributed by atoms with van der Waals surface area (Å²) >= 11 is 0. The Morgan fingerprint density at radius 3 is 2.42 bits per heavy atom. The van der Waals surface area contributed by atoms with Crippen LogP contribution in [-0.4, -0.2) is 35.9 Å². The Bertz CT molecular complexity index is 364. The number of rotatable bonds is 1. The fraction of sp³-hybridized carbons (Fsp3) is 0.929. The first-order chi connectivity index (χ1) is 8.96. The average Bonchev–Trinajstić information content (AvgIpc) is 2.91. The van der Waals surface area contributed by atoms with Gasteiger partial charge >= 0.3 is 0 Å². The zero-order valence-electron chi connectivity index (χ0n) is 11.2. The second-order valence-corrected chi connectivity index (χ2v) is 6.54. The average molecular weight is 272 g/mol. The molecule has 1 aliphatic heterocycles. The molecule has 5 heteroatoms. The molecule has 0 spiro atoms. The molecule has 0 radical (unpaired) electrons. The molecule has 1 saturated heterocycles. The smallest absolute Gasteiger partial charge is 0.248 e. The van der Waals surface area contributed by atoms with E-state index in [2.05, 4.69) is 0 Å². The minimum atomic E-state index is -2.55. The van der Waals surface area contributed by atoms with E-state index < -0.39 is 5.92 Å². The summed E-state index contributed by atoms with van der Waals surface area (Å²) in [6, 6.07) is 0.221. The van der Waals surface area contributed by atoms with Crippen molar-refractivity contribution in [2.45, 2.75) is 50.5 Å². The third kappa shape index (κ3) is 2.49. The first kappa shape index (κ1) is 13.3. The SMILES string of the molecule is N[C@@H]1CC[C@@H]2CN(C(=O)C3CCC(F)(F)CC3)C[C@@H]21. The number of hydrogen-bond donors (Lipinski definition) is 1. The summed E-state index contributed by atoms with van der Waals surface area (Å²) in [6.45, 7) is 1.54. The molecule has 3 nitrogen and oxygen atoms in total. The lowest BCUT2D eigenvalue weighted by molar-refractivity contribution is -0.138. The van der Waals surface area contributed by atoms with E-state index in [1.54, 1.807) is 0 Å². The summed E-state index contributed by atoms with van der Waals surface area (Å²) in [4.78, 5) is 14.3. The first-order valence-electron chi connectivity index (χ1n) is 7.38. The van der Waals surface area contributed by atoms with E-state index >= 15 is 0 Å². The third-order valence-corrected chi connectivity index (χ3v) is 5.29. The number of halogens is 2. The van der Waals surface area contributed by atoms with Gasteiger partial charge in [0, 0.05) is 37.9 Å². The van der Waals surface area contributed by atoms with E-state index in [0.717, 1.165) is 25.9 Å². The van der Waals surface area contributed by atoms with Crippen LogP contribution in [0.25, 0.3) is 0 Å². The molecule has 3 rings (SSSR count). The molecule has 0 aromatic carbocycles. The van der Waals surface area contributed by atoms with Crippen LogP contribution in [0.3, 0.4) is 0 Å². The van der Waals surface area contributed by atoms with E-state index in [1.165, 1.54) is 0 Å². The molecule has 2 saturated carbocycles. The van der Waals surface area contributed by atoms with Gasteiger partial charge in [-0.1, -0.05) is 0 Å². The van der Waals surface area contributed by atoms with Crippen LogP contribution in [0.1, 0.15) is 38.5 Å². The van der Waals surface area contributed by atoms with Crippen LogP contribution in [0.2, 0.25) is 0 Å². The Morgan fingerprint density at radius 2 is 1.79 bits per heavy atom. The predicted molar refractivity (Wildman–Crippen MR) is 67.7 cm³/mol. The third-order valence-electron chi connectivity index (χ3n) is 5.29. The number of nitrogens with zero attached hydrogens (tertiary/aromatic N) is 1. The highest BCUT2D eigenvalue weighted by molar-refractivity contribution is 5.79. The van der Waals surface area contributed by atoms with Gasteiger partial charge in [0.1, 0.15) is 0 Å². The quantitative estimate of drug-likeness (QED) is 0.793. The fourth-order valence-corrected chi connectivity index (χ4v) is 4.03. The number of nitrogens with two attached hydrogens (primary N) is 1. The van der Waals surface area contributed by atoms with Crippen LogP contribution < -0.4 is 5.73 Å². The topological polar surface area (TPSA) is 46.3 Å². The van der Waals surface area contributed by atoms with Gasteiger partial charge in [0.05, 0.1) is 0 Å². The van der Waals surface area contributed by atoms with E-state index in [9.17, 15) is 13.6 Å². The van der Waals surface area contributed by atoms with Crippen LogP contribution in [0.5, 0.6) is 0 Å². The van der Waals surface area contributed by atoms with E-state index in [-0.39, 0.29) is 30.7 Å². The van der Waals surface area contributed by atoms with Gasteiger partial charge in [-0.3, -0.25) is 4.79 Å². The first-order valence-corrected chi connectivity index (χ1v) is 7.38. The number of hydrogen-bond acceptors (Lipinski definition) is 2. The molecule has 3 atom stereocenters. The number of fused-ring (bicyclic) bond motifs is 1. The molecule has 3 aliphatic rings. The van der Waals surface area contributed by atoms with Gasteiger partial charge in [0.2, 0.25) is 11.8 Å². The van der Waals surface area contributed by atoms with E-state index in [0.29, 0.717) is 24.7 Å². The second-order valence-electron chi connectivity index (χ2n) is 6.54. The largest absolute Gasteiger partial charge is 0.342 e. The lowest BCUT2D eigenvalue weighted by atomic mass is 9.86. The number of carbonyl (C=O) groups excluding carboxylic acids is 1. The molecule has 1 heterocycles. The number of carbonyl (C=O) groups is 1. The van der Waals surface area contributed by atoms with Gasteiger partial charge in [-0.2, -0.15) is 0 Å². The van der Waals surface area contributed by atoms with Gasteiger partial charge in [-0.25, -0.2) is 8.78 Å². The lowest BCUT2D eigenvalue weighted by Crippen LogP contribution is -2.39. The van der Waals surface area contributed by atoms with E-state index in [1.807, 2.05) is 4.90 Å². The highest BCUT2D eigenvalue weighted by Gasteiger charge is 2.45. The van der Waals surface area contributed by atoms with Crippen molar-refractivity contribution in [2.24, 2.45) is 23.5 Å². The van der Waals surface area contributed by atoms with Crippen LogP contribution in [0, 0.1) is 17.8 Å². The number of alkyl halides is 2. The van der Waals surface area contributed by atoms with Crippen molar-refractivity contribution in [3.63, 3.8) is 0 Å². The summed E-state index contributed by atoms with van der Waals surface area (Å²) in [6.07, 6.45) is 2.58. The van der Waals surface area contributed by atoms with Crippen molar-refractivity contribution in [1.82, 2.24) is 4.90 Å². The molecular weight excluding hydrogens is 250 g/mol. The minimum Gasteiger partial charge on any atom is -0.342 e. The monoisotopic (exact) mass is 272 g/mol. The summed E-state index contributed by atoms with van der Waals surface area (Å²) in [7, 11) is 0. The highest BCUT2D eigenvalue weighted by atomic mass is 19.3. The van der Waals surface area contributed by atoms with Crippen molar-refractivity contribution in [3.8, 4) is 0 Å². The maximum atomic E-state index is 13.1. The van der Waals surface area contributed by atoms with Crippen molar-refractivity contribution in [3.05, 3.63) is 0 Å². The molecule has 1 amide bonds.